The fraction of sp³-hybridized carbons (Fsp3) is 0.375. The standard InChI is InChI=1S/C8H6F4N2O4/c1-17-7-5(14(15)16)6(18-8(10,11)12)4(2-9)3-13-7/h3H,2H2,1H3. The zero-order valence-corrected chi connectivity index (χ0v) is 8.82. The molecule has 1 rings (SSSR count). The summed E-state index contributed by atoms with van der Waals surface area (Å²) < 4.78 is 56.7. The van der Waals surface area contributed by atoms with Crippen molar-refractivity contribution in [3.05, 3.63) is 21.9 Å². The highest BCUT2D eigenvalue weighted by atomic mass is 19.4. The molecule has 100 valence electrons. The van der Waals surface area contributed by atoms with Gasteiger partial charge >= 0.3 is 12.0 Å². The normalized spacial score (nSPS) is 11.2. The fourth-order valence-corrected chi connectivity index (χ4v) is 1.14. The number of ether oxygens (including phenoxy) is 2. The second-order valence-electron chi connectivity index (χ2n) is 2.91. The summed E-state index contributed by atoms with van der Waals surface area (Å²) in [6.45, 7) is -1.40. The number of alkyl halides is 4. The van der Waals surface area contributed by atoms with E-state index in [-0.39, 0.29) is 0 Å². The van der Waals surface area contributed by atoms with Crippen LogP contribution in [0.15, 0.2) is 6.20 Å². The summed E-state index contributed by atoms with van der Waals surface area (Å²) in [4.78, 5) is 12.8. The van der Waals surface area contributed by atoms with Crippen LogP contribution in [0.1, 0.15) is 5.56 Å². The Morgan fingerprint density at radius 3 is 2.50 bits per heavy atom. The molecule has 10 heteroatoms. The highest BCUT2D eigenvalue weighted by Crippen LogP contribution is 2.40. The number of methoxy groups -OCH3 is 1. The van der Waals surface area contributed by atoms with E-state index in [4.69, 9.17) is 0 Å². The van der Waals surface area contributed by atoms with Gasteiger partial charge in [-0.05, 0) is 0 Å². The molecule has 0 aliphatic heterocycles. The first kappa shape index (κ1) is 13.9. The molecule has 0 radical (unpaired) electrons. The van der Waals surface area contributed by atoms with Crippen LogP contribution in [0.5, 0.6) is 11.6 Å². The van der Waals surface area contributed by atoms with Crippen LogP contribution in [0.25, 0.3) is 0 Å². The molecule has 0 N–H and O–H groups in total. The predicted octanol–water partition coefficient (Wildman–Crippen LogP) is 2.37. The fourth-order valence-electron chi connectivity index (χ4n) is 1.14. The van der Waals surface area contributed by atoms with E-state index >= 15 is 0 Å². The highest BCUT2D eigenvalue weighted by Gasteiger charge is 2.38. The van der Waals surface area contributed by atoms with Crippen molar-refractivity contribution < 1.29 is 32.0 Å². The smallest absolute Gasteiger partial charge is 0.476 e. The Morgan fingerprint density at radius 1 is 1.50 bits per heavy atom. The molecule has 1 aromatic rings. The summed E-state index contributed by atoms with van der Waals surface area (Å²) in [5, 5.41) is 10.7. The third kappa shape index (κ3) is 2.96. The zero-order chi connectivity index (χ0) is 13.9. The van der Waals surface area contributed by atoms with E-state index in [0.717, 1.165) is 7.11 Å². The van der Waals surface area contributed by atoms with Crippen molar-refractivity contribution in [2.45, 2.75) is 13.0 Å². The van der Waals surface area contributed by atoms with Crippen LogP contribution in [-0.4, -0.2) is 23.4 Å². The Labute approximate surface area is 97.3 Å². The predicted molar refractivity (Wildman–Crippen MR) is 48.9 cm³/mol. The van der Waals surface area contributed by atoms with Gasteiger partial charge in [0.25, 0.3) is 5.88 Å². The summed E-state index contributed by atoms with van der Waals surface area (Å²) >= 11 is 0. The molecule has 0 aliphatic carbocycles. The van der Waals surface area contributed by atoms with Crippen molar-refractivity contribution in [3.63, 3.8) is 0 Å². The van der Waals surface area contributed by atoms with Gasteiger partial charge in [-0.1, -0.05) is 0 Å². The number of halogens is 4. The first-order valence-electron chi connectivity index (χ1n) is 4.32. The molecule has 0 unspecified atom stereocenters. The largest absolute Gasteiger partial charge is 0.573 e. The van der Waals surface area contributed by atoms with Crippen LogP contribution in [0.2, 0.25) is 0 Å². The van der Waals surface area contributed by atoms with Crippen molar-refractivity contribution in [1.29, 1.82) is 0 Å². The molecule has 1 aromatic heterocycles. The molecule has 0 aliphatic rings. The van der Waals surface area contributed by atoms with Crippen LogP contribution >= 0.6 is 0 Å². The lowest BCUT2D eigenvalue weighted by atomic mass is 10.2. The minimum atomic E-state index is -5.19. The van der Waals surface area contributed by atoms with Crippen LogP contribution < -0.4 is 9.47 Å². The number of nitro groups is 1. The van der Waals surface area contributed by atoms with Crippen LogP contribution in [0, 0.1) is 10.1 Å². The van der Waals surface area contributed by atoms with Gasteiger partial charge in [0.2, 0.25) is 5.75 Å². The summed E-state index contributed by atoms with van der Waals surface area (Å²) in [7, 11) is 0.974. The van der Waals surface area contributed by atoms with Crippen molar-refractivity contribution in [2.24, 2.45) is 0 Å². The molecule has 0 fully saturated rings. The Balaban J connectivity index is 3.45. The van der Waals surface area contributed by atoms with Gasteiger partial charge < -0.3 is 9.47 Å². The number of aromatic nitrogens is 1. The molecule has 18 heavy (non-hydrogen) atoms. The summed E-state index contributed by atoms with van der Waals surface area (Å²) in [5.41, 5.74) is -1.87. The summed E-state index contributed by atoms with van der Waals surface area (Å²) in [6, 6.07) is 0. The number of rotatable bonds is 4. The Morgan fingerprint density at radius 2 is 2.11 bits per heavy atom. The van der Waals surface area contributed by atoms with Crippen LogP contribution in [-0.2, 0) is 6.67 Å². The first-order valence-corrected chi connectivity index (χ1v) is 4.32. The molecule has 0 spiro atoms. The molecule has 1 heterocycles. The molecular weight excluding hydrogens is 264 g/mol. The molecule has 0 bridgehead atoms. The van der Waals surface area contributed by atoms with Gasteiger partial charge in [0, 0.05) is 6.20 Å². The van der Waals surface area contributed by atoms with E-state index in [0.29, 0.717) is 6.20 Å². The van der Waals surface area contributed by atoms with Crippen molar-refractivity contribution in [2.75, 3.05) is 7.11 Å². The average Bonchev–Trinajstić information content (AvgIpc) is 2.25. The van der Waals surface area contributed by atoms with Gasteiger partial charge in [0.15, 0.2) is 0 Å². The SMILES string of the molecule is COc1ncc(CF)c(OC(F)(F)F)c1[N+](=O)[O-]. The van der Waals surface area contributed by atoms with Gasteiger partial charge in [-0.25, -0.2) is 9.37 Å². The Bertz CT molecular complexity index is 463. The second-order valence-corrected chi connectivity index (χ2v) is 2.91. The minimum absolute atomic E-state index is 0.674. The van der Waals surface area contributed by atoms with Gasteiger partial charge in [-0.15, -0.1) is 13.2 Å². The van der Waals surface area contributed by atoms with E-state index in [1.54, 1.807) is 0 Å². The third-order valence-electron chi connectivity index (χ3n) is 1.78. The molecule has 0 saturated carbocycles. The third-order valence-corrected chi connectivity index (χ3v) is 1.78. The van der Waals surface area contributed by atoms with Gasteiger partial charge in [-0.2, -0.15) is 0 Å². The molecule has 0 aromatic carbocycles. The zero-order valence-electron chi connectivity index (χ0n) is 8.82. The summed E-state index contributed by atoms with van der Waals surface area (Å²) in [6.07, 6.45) is -4.52. The van der Waals surface area contributed by atoms with E-state index < -0.39 is 40.8 Å². The number of hydrogen-bond acceptors (Lipinski definition) is 5. The van der Waals surface area contributed by atoms with Crippen molar-refractivity contribution in [3.8, 4) is 11.6 Å². The van der Waals surface area contributed by atoms with E-state index in [1.165, 1.54) is 0 Å². The average molecular weight is 270 g/mol. The van der Waals surface area contributed by atoms with Crippen LogP contribution in [0.3, 0.4) is 0 Å². The molecule has 0 atom stereocenters. The van der Waals surface area contributed by atoms with E-state index in [2.05, 4.69) is 14.5 Å². The molecule has 0 amide bonds. The quantitative estimate of drug-likeness (QED) is 0.477. The van der Waals surface area contributed by atoms with Crippen molar-refractivity contribution in [1.82, 2.24) is 4.98 Å². The van der Waals surface area contributed by atoms with E-state index in [9.17, 15) is 27.7 Å². The number of hydrogen-bond donors (Lipinski definition) is 0. The van der Waals surface area contributed by atoms with Gasteiger partial charge in [-0.3, -0.25) is 10.1 Å². The second kappa shape index (κ2) is 5.02. The maximum absolute atomic E-state index is 12.5. The highest BCUT2D eigenvalue weighted by molar-refractivity contribution is 5.57. The number of nitrogens with zero attached hydrogens (tertiary/aromatic N) is 2. The lowest BCUT2D eigenvalue weighted by Crippen LogP contribution is -2.19. The lowest BCUT2D eigenvalue weighted by molar-refractivity contribution is -0.390. The van der Waals surface area contributed by atoms with Crippen LogP contribution in [0.4, 0.5) is 23.2 Å². The molecule has 0 saturated heterocycles. The van der Waals surface area contributed by atoms with Crippen molar-refractivity contribution >= 4 is 5.69 Å². The molecule has 6 nitrogen and oxygen atoms in total. The maximum Gasteiger partial charge on any atom is 0.573 e. The molecular formula is C8H6F4N2O4. The Kier molecular flexibility index (Phi) is 3.89. The first-order chi connectivity index (χ1) is 8.30. The van der Waals surface area contributed by atoms with Gasteiger partial charge in [0.1, 0.15) is 6.67 Å². The topological polar surface area (TPSA) is 74.5 Å². The minimum Gasteiger partial charge on any atom is -0.476 e. The monoisotopic (exact) mass is 270 g/mol. The number of pyridine rings is 1. The van der Waals surface area contributed by atoms with E-state index in [1.807, 2.05) is 0 Å². The maximum atomic E-state index is 12.5. The van der Waals surface area contributed by atoms with Gasteiger partial charge in [0.05, 0.1) is 17.6 Å². The lowest BCUT2D eigenvalue weighted by Gasteiger charge is -2.12. The Hall–Kier alpha value is -2.13. The summed E-state index contributed by atoms with van der Waals surface area (Å²) in [5.74, 6) is -1.96.